The molecule has 1 N–H and O–H groups in total. The molecule has 0 spiro atoms. The molecule has 1 heterocycles. The van der Waals surface area contributed by atoms with Gasteiger partial charge in [0.1, 0.15) is 11.3 Å². The van der Waals surface area contributed by atoms with Gasteiger partial charge in [0.05, 0.1) is 35.5 Å². The zero-order valence-electron chi connectivity index (χ0n) is 14.0. The Kier molecular flexibility index (Phi) is 4.45. The van der Waals surface area contributed by atoms with Gasteiger partial charge >= 0.3 is 0 Å². The van der Waals surface area contributed by atoms with Gasteiger partial charge in [0.15, 0.2) is 17.2 Å². The number of aromatic nitrogens is 2. The van der Waals surface area contributed by atoms with Crippen LogP contribution in [0, 0.1) is 4.78 Å². The summed E-state index contributed by atoms with van der Waals surface area (Å²) in [6.45, 7) is 0. The lowest BCUT2D eigenvalue weighted by molar-refractivity contribution is 0.355. The van der Waals surface area contributed by atoms with Crippen LogP contribution >= 0.6 is 0 Å². The van der Waals surface area contributed by atoms with Crippen LogP contribution in [0.3, 0.4) is 0 Å². The van der Waals surface area contributed by atoms with E-state index in [0.29, 0.717) is 33.4 Å². The molecule has 0 aliphatic rings. The van der Waals surface area contributed by atoms with Crippen molar-refractivity contribution in [2.45, 2.75) is 4.90 Å². The SMILES string of the molecule is COc1cc2nncc(Oc3ccc(S(C)(=N)=O)cc3)c2cc1OC. The summed E-state index contributed by atoms with van der Waals surface area (Å²) in [5.74, 6) is 2.15. The molecule has 25 heavy (non-hydrogen) atoms. The number of ether oxygens (including phenoxy) is 3. The van der Waals surface area contributed by atoms with Crippen molar-refractivity contribution in [2.24, 2.45) is 0 Å². The predicted molar refractivity (Wildman–Crippen MR) is 94.2 cm³/mol. The number of hydrogen-bond donors (Lipinski definition) is 1. The lowest BCUT2D eigenvalue weighted by atomic mass is 10.2. The van der Waals surface area contributed by atoms with Crippen molar-refractivity contribution in [3.63, 3.8) is 0 Å². The molecule has 1 aromatic heterocycles. The van der Waals surface area contributed by atoms with Crippen molar-refractivity contribution in [3.8, 4) is 23.0 Å². The number of fused-ring (bicyclic) bond motifs is 1. The normalized spacial score (nSPS) is 13.2. The summed E-state index contributed by atoms with van der Waals surface area (Å²) in [7, 11) is 0.357. The van der Waals surface area contributed by atoms with Crippen LogP contribution in [-0.4, -0.2) is 34.9 Å². The first-order valence-corrected chi connectivity index (χ1v) is 9.28. The predicted octanol–water partition coefficient (Wildman–Crippen LogP) is 3.47. The van der Waals surface area contributed by atoms with E-state index in [0.717, 1.165) is 5.39 Å². The standard InChI is InChI=1S/C17H17N3O4S/c1-22-15-8-13-14(9-16(15)23-2)20-19-10-17(13)24-11-4-6-12(7-5-11)25(3,18)21/h4-10,18H,1-3H3. The van der Waals surface area contributed by atoms with Crippen LogP contribution in [-0.2, 0) is 9.73 Å². The molecule has 3 aromatic rings. The second-order valence-corrected chi connectivity index (χ2v) is 7.51. The fourth-order valence-electron chi connectivity index (χ4n) is 2.34. The van der Waals surface area contributed by atoms with Gasteiger partial charge in [0, 0.05) is 17.2 Å². The topological polar surface area (TPSA) is 94.4 Å². The highest BCUT2D eigenvalue weighted by atomic mass is 32.2. The molecule has 7 nitrogen and oxygen atoms in total. The van der Waals surface area contributed by atoms with Crippen molar-refractivity contribution in [1.82, 2.24) is 10.2 Å². The highest BCUT2D eigenvalue weighted by molar-refractivity contribution is 7.91. The van der Waals surface area contributed by atoms with E-state index in [4.69, 9.17) is 19.0 Å². The average molecular weight is 359 g/mol. The second-order valence-electron chi connectivity index (χ2n) is 5.35. The first-order valence-electron chi connectivity index (χ1n) is 7.31. The molecule has 0 aliphatic carbocycles. The Labute approximate surface area is 145 Å². The zero-order chi connectivity index (χ0) is 18.0. The Morgan fingerprint density at radius 1 is 1.00 bits per heavy atom. The Bertz CT molecular complexity index is 1020. The molecule has 0 saturated heterocycles. The van der Waals surface area contributed by atoms with Crippen LogP contribution in [0.1, 0.15) is 0 Å². The summed E-state index contributed by atoms with van der Waals surface area (Å²) in [6, 6.07) is 10.1. The number of methoxy groups -OCH3 is 2. The number of hydrogen-bond acceptors (Lipinski definition) is 7. The molecule has 0 amide bonds. The monoisotopic (exact) mass is 359 g/mol. The summed E-state index contributed by atoms with van der Waals surface area (Å²) in [5, 5.41) is 8.75. The first kappa shape index (κ1) is 17.0. The Morgan fingerprint density at radius 3 is 2.24 bits per heavy atom. The maximum absolute atomic E-state index is 11.7. The minimum Gasteiger partial charge on any atom is -0.493 e. The van der Waals surface area contributed by atoms with Gasteiger partial charge in [-0.1, -0.05) is 0 Å². The quantitative estimate of drug-likeness (QED) is 0.749. The van der Waals surface area contributed by atoms with Crippen molar-refractivity contribution in [3.05, 3.63) is 42.6 Å². The van der Waals surface area contributed by atoms with E-state index in [1.807, 2.05) is 0 Å². The lowest BCUT2D eigenvalue weighted by Gasteiger charge is -2.12. The van der Waals surface area contributed by atoms with Gasteiger partial charge in [0.2, 0.25) is 0 Å². The minimum absolute atomic E-state index is 0.448. The molecule has 0 bridgehead atoms. The van der Waals surface area contributed by atoms with Crippen molar-refractivity contribution < 1.29 is 18.4 Å². The van der Waals surface area contributed by atoms with E-state index in [-0.39, 0.29) is 0 Å². The Hall–Kier alpha value is -2.87. The van der Waals surface area contributed by atoms with Crippen molar-refractivity contribution in [1.29, 1.82) is 4.78 Å². The van der Waals surface area contributed by atoms with Crippen LogP contribution in [0.2, 0.25) is 0 Å². The second kappa shape index (κ2) is 6.56. The highest BCUT2D eigenvalue weighted by Gasteiger charge is 2.12. The summed E-state index contributed by atoms with van der Waals surface area (Å²) in [5.41, 5.74) is 0.606. The van der Waals surface area contributed by atoms with Gasteiger partial charge in [-0.15, -0.1) is 0 Å². The highest BCUT2D eigenvalue weighted by Crippen LogP contribution is 2.36. The van der Waals surface area contributed by atoms with Gasteiger partial charge in [0.25, 0.3) is 0 Å². The van der Waals surface area contributed by atoms with Crippen LogP contribution in [0.4, 0.5) is 0 Å². The summed E-state index contributed by atoms with van der Waals surface area (Å²) >= 11 is 0. The van der Waals surface area contributed by atoms with Crippen LogP contribution in [0.15, 0.2) is 47.5 Å². The molecule has 0 fully saturated rings. The maximum Gasteiger partial charge on any atom is 0.162 e. The van der Waals surface area contributed by atoms with Crippen molar-refractivity contribution in [2.75, 3.05) is 20.5 Å². The molecule has 0 saturated carbocycles. The van der Waals surface area contributed by atoms with Gasteiger partial charge in [-0.2, -0.15) is 10.2 Å². The summed E-state index contributed by atoms with van der Waals surface area (Å²) < 4.78 is 35.8. The Balaban J connectivity index is 2.01. The smallest absolute Gasteiger partial charge is 0.162 e. The van der Waals surface area contributed by atoms with E-state index in [9.17, 15) is 4.21 Å². The number of nitrogens with one attached hydrogen (secondary N) is 1. The first-order chi connectivity index (χ1) is 11.9. The third-order valence-corrected chi connectivity index (χ3v) is 4.78. The molecule has 3 rings (SSSR count). The zero-order valence-corrected chi connectivity index (χ0v) is 14.8. The van der Waals surface area contributed by atoms with Crippen LogP contribution < -0.4 is 14.2 Å². The average Bonchev–Trinajstić information content (AvgIpc) is 2.60. The Morgan fingerprint density at radius 2 is 1.64 bits per heavy atom. The number of rotatable bonds is 5. The van der Waals surface area contributed by atoms with Crippen LogP contribution in [0.25, 0.3) is 10.9 Å². The molecular formula is C17H17N3O4S. The molecule has 1 unspecified atom stereocenters. The van der Waals surface area contributed by atoms with Crippen LogP contribution in [0.5, 0.6) is 23.0 Å². The van der Waals surface area contributed by atoms with E-state index in [1.165, 1.54) is 12.5 Å². The summed E-state index contributed by atoms with van der Waals surface area (Å²) in [6.07, 6.45) is 2.89. The molecule has 0 radical (unpaired) electrons. The summed E-state index contributed by atoms with van der Waals surface area (Å²) in [4.78, 5) is 0.448. The van der Waals surface area contributed by atoms with Crippen molar-refractivity contribution >= 4 is 20.6 Å². The van der Waals surface area contributed by atoms with Gasteiger partial charge < -0.3 is 14.2 Å². The van der Waals surface area contributed by atoms with Gasteiger partial charge in [-0.05, 0) is 30.3 Å². The largest absolute Gasteiger partial charge is 0.493 e. The molecule has 130 valence electrons. The fraction of sp³-hybridized carbons (Fsp3) is 0.176. The van der Waals surface area contributed by atoms with E-state index in [1.54, 1.807) is 50.6 Å². The molecule has 8 heteroatoms. The molecular weight excluding hydrogens is 342 g/mol. The maximum atomic E-state index is 11.7. The minimum atomic E-state index is -2.75. The molecule has 2 aromatic carbocycles. The van der Waals surface area contributed by atoms with Gasteiger partial charge in [-0.25, -0.2) is 8.99 Å². The third kappa shape index (κ3) is 3.48. The molecule has 1 atom stereocenters. The van der Waals surface area contributed by atoms with Gasteiger partial charge in [-0.3, -0.25) is 0 Å². The lowest BCUT2D eigenvalue weighted by Crippen LogP contribution is -1.96. The van der Waals surface area contributed by atoms with E-state index in [2.05, 4.69) is 10.2 Å². The van der Waals surface area contributed by atoms with E-state index < -0.39 is 9.73 Å². The van der Waals surface area contributed by atoms with E-state index >= 15 is 0 Å². The molecule has 0 aliphatic heterocycles. The third-order valence-electron chi connectivity index (χ3n) is 3.61. The number of nitrogens with zero attached hydrogens (tertiary/aromatic N) is 2. The fourth-order valence-corrected chi connectivity index (χ4v) is 2.99. The number of benzene rings is 2.